The molecule has 1 amide bonds. The van der Waals surface area contributed by atoms with E-state index in [0.717, 1.165) is 5.56 Å². The molecule has 1 fully saturated rings. The van der Waals surface area contributed by atoms with Gasteiger partial charge in [0.05, 0.1) is 40.9 Å². The molecule has 1 unspecified atom stereocenters. The zero-order valence-corrected chi connectivity index (χ0v) is 22.2. The third kappa shape index (κ3) is 4.66. The minimum Gasteiger partial charge on any atom is -0.507 e. The van der Waals surface area contributed by atoms with Crippen molar-refractivity contribution >= 4 is 46.0 Å². The molecule has 200 valence electrons. The number of carbonyl (C=O) groups is 2. The number of fused-ring (bicyclic) bond motifs is 1. The number of halogens is 1. The minimum atomic E-state index is -1.11. The van der Waals surface area contributed by atoms with Crippen molar-refractivity contribution in [3.63, 3.8) is 0 Å². The fourth-order valence-electron chi connectivity index (χ4n) is 4.65. The lowest BCUT2D eigenvalue weighted by atomic mass is 9.95. The number of hydrogen-bond donors (Lipinski definition) is 3. The smallest absolute Gasteiger partial charge is 0.302 e. The Hall–Kier alpha value is -4.50. The summed E-state index contributed by atoms with van der Waals surface area (Å²) in [6.45, 7) is 6.17. The number of nitrogens with zero attached hydrogens (tertiary/aromatic N) is 2. The lowest BCUT2D eigenvalue weighted by molar-refractivity contribution is -0.132. The summed E-state index contributed by atoms with van der Waals surface area (Å²) >= 11 is 6.43. The third-order valence-electron chi connectivity index (χ3n) is 6.40. The molecule has 1 aromatic heterocycles. The van der Waals surface area contributed by atoms with Crippen molar-refractivity contribution in [2.24, 2.45) is 0 Å². The normalized spacial score (nSPS) is 16.7. The van der Waals surface area contributed by atoms with Crippen LogP contribution in [0.4, 0.5) is 5.95 Å². The first-order valence-corrected chi connectivity index (χ1v) is 12.8. The van der Waals surface area contributed by atoms with E-state index in [0.29, 0.717) is 29.0 Å². The van der Waals surface area contributed by atoms with Crippen LogP contribution in [0.5, 0.6) is 17.2 Å². The van der Waals surface area contributed by atoms with Gasteiger partial charge in [-0.1, -0.05) is 23.7 Å². The van der Waals surface area contributed by atoms with E-state index in [9.17, 15) is 19.8 Å². The Morgan fingerprint density at radius 2 is 1.82 bits per heavy atom. The summed E-state index contributed by atoms with van der Waals surface area (Å²) in [6.07, 6.45) is 0. The van der Waals surface area contributed by atoms with E-state index in [1.54, 1.807) is 25.1 Å². The molecule has 2 heterocycles. The molecule has 10 heteroatoms. The average Bonchev–Trinajstić information content (AvgIpc) is 3.44. The van der Waals surface area contributed by atoms with Crippen LogP contribution in [0.15, 0.2) is 60.2 Å². The lowest BCUT2D eigenvalue weighted by Crippen LogP contribution is -2.30. The molecule has 1 saturated heterocycles. The highest BCUT2D eigenvalue weighted by Gasteiger charge is 2.48. The Balaban J connectivity index is 1.75. The molecule has 1 atom stereocenters. The monoisotopic (exact) mass is 547 g/mol. The number of carbonyl (C=O) groups excluding carboxylic acids is 2. The Kier molecular flexibility index (Phi) is 6.93. The first-order chi connectivity index (χ1) is 18.7. The van der Waals surface area contributed by atoms with Crippen molar-refractivity contribution in [3.05, 3.63) is 81.9 Å². The van der Waals surface area contributed by atoms with E-state index in [4.69, 9.17) is 21.1 Å². The Morgan fingerprint density at radius 3 is 2.56 bits per heavy atom. The van der Waals surface area contributed by atoms with Gasteiger partial charge >= 0.3 is 5.91 Å². The second-order valence-corrected chi connectivity index (χ2v) is 9.39. The van der Waals surface area contributed by atoms with Gasteiger partial charge in [0.1, 0.15) is 11.5 Å². The van der Waals surface area contributed by atoms with Gasteiger partial charge in [0.15, 0.2) is 11.5 Å². The number of H-pyrrole nitrogens is 1. The molecular weight excluding hydrogens is 522 g/mol. The highest BCUT2D eigenvalue weighted by Crippen LogP contribution is 2.44. The fraction of sp³-hybridized carbons (Fsp3) is 0.207. The maximum Gasteiger partial charge on any atom is 0.302 e. The SMILES string of the molecule is CCOc1ccc(Cl)c(/C(O)=C2\C(=O)C(=O)N(c3nc4ccc(C)cc4[nH]3)C2c2ccc(O)c(OCC)c2)c1. The summed E-state index contributed by atoms with van der Waals surface area (Å²) in [5.74, 6) is -1.66. The number of aliphatic hydroxyl groups is 1. The van der Waals surface area contributed by atoms with Crippen LogP contribution in [0.1, 0.15) is 36.6 Å². The number of aromatic nitrogens is 2. The second kappa shape index (κ2) is 10.3. The van der Waals surface area contributed by atoms with Crippen LogP contribution < -0.4 is 14.4 Å². The van der Waals surface area contributed by atoms with Crippen molar-refractivity contribution in [2.75, 3.05) is 18.1 Å². The van der Waals surface area contributed by atoms with E-state index < -0.39 is 23.5 Å². The maximum atomic E-state index is 13.6. The molecule has 0 saturated carbocycles. The lowest BCUT2D eigenvalue weighted by Gasteiger charge is -2.24. The summed E-state index contributed by atoms with van der Waals surface area (Å²) in [5, 5.41) is 22.0. The molecule has 3 N–H and O–H groups in total. The second-order valence-electron chi connectivity index (χ2n) is 8.98. The number of aromatic amines is 1. The number of benzene rings is 3. The predicted octanol–water partition coefficient (Wildman–Crippen LogP) is 5.65. The topological polar surface area (TPSA) is 125 Å². The van der Waals surface area contributed by atoms with E-state index in [-0.39, 0.29) is 40.2 Å². The van der Waals surface area contributed by atoms with Crippen molar-refractivity contribution in [1.29, 1.82) is 0 Å². The zero-order chi connectivity index (χ0) is 27.8. The van der Waals surface area contributed by atoms with Gasteiger partial charge in [0.2, 0.25) is 5.95 Å². The quantitative estimate of drug-likeness (QED) is 0.155. The first-order valence-electron chi connectivity index (χ1n) is 12.4. The number of aromatic hydroxyl groups is 1. The van der Waals surface area contributed by atoms with E-state index in [1.165, 1.54) is 23.1 Å². The number of hydrogen-bond acceptors (Lipinski definition) is 7. The molecule has 4 aromatic rings. The molecular formula is C29H26ClN3O6. The molecule has 1 aliphatic rings. The number of anilines is 1. The highest BCUT2D eigenvalue weighted by atomic mass is 35.5. The van der Waals surface area contributed by atoms with E-state index in [1.807, 2.05) is 32.0 Å². The zero-order valence-electron chi connectivity index (χ0n) is 21.5. The van der Waals surface area contributed by atoms with E-state index in [2.05, 4.69) is 9.97 Å². The van der Waals surface area contributed by atoms with Gasteiger partial charge in [0, 0.05) is 5.56 Å². The Labute approximate surface area is 229 Å². The molecule has 5 rings (SSSR count). The summed E-state index contributed by atoms with van der Waals surface area (Å²) in [4.78, 5) is 36.0. The predicted molar refractivity (Wildman–Crippen MR) is 148 cm³/mol. The number of ether oxygens (including phenoxy) is 2. The van der Waals surface area contributed by atoms with Crippen LogP contribution in [0, 0.1) is 6.92 Å². The fourth-order valence-corrected chi connectivity index (χ4v) is 4.86. The number of amides is 1. The molecule has 0 radical (unpaired) electrons. The number of Topliss-reactive ketones (excluding diaryl/α,β-unsaturated/α-hetero) is 1. The van der Waals surface area contributed by atoms with Gasteiger partial charge in [-0.2, -0.15) is 0 Å². The number of phenols is 1. The van der Waals surface area contributed by atoms with Gasteiger partial charge < -0.3 is 24.7 Å². The number of aryl methyl sites for hydroxylation is 1. The molecule has 39 heavy (non-hydrogen) atoms. The molecule has 0 bridgehead atoms. The van der Waals surface area contributed by atoms with Gasteiger partial charge in [-0.15, -0.1) is 0 Å². The number of aliphatic hydroxyl groups excluding tert-OH is 1. The van der Waals surface area contributed by atoms with Gasteiger partial charge in [-0.3, -0.25) is 14.5 Å². The Morgan fingerprint density at radius 1 is 1.05 bits per heavy atom. The van der Waals surface area contributed by atoms with Crippen LogP contribution in [-0.4, -0.2) is 45.1 Å². The van der Waals surface area contributed by atoms with Crippen molar-refractivity contribution in [1.82, 2.24) is 9.97 Å². The average molecular weight is 548 g/mol. The van der Waals surface area contributed by atoms with Crippen LogP contribution >= 0.6 is 11.6 Å². The summed E-state index contributed by atoms with van der Waals surface area (Å²) in [7, 11) is 0. The highest BCUT2D eigenvalue weighted by molar-refractivity contribution is 6.51. The molecule has 9 nitrogen and oxygen atoms in total. The van der Waals surface area contributed by atoms with E-state index >= 15 is 0 Å². The summed E-state index contributed by atoms with van der Waals surface area (Å²) in [5.41, 5.74) is 2.61. The number of phenolic OH excluding ortho intramolecular Hbond substituents is 1. The van der Waals surface area contributed by atoms with Crippen LogP contribution in [0.3, 0.4) is 0 Å². The van der Waals surface area contributed by atoms with Crippen LogP contribution in [0.25, 0.3) is 16.8 Å². The number of ketones is 1. The van der Waals surface area contributed by atoms with Gasteiger partial charge in [-0.05, 0) is 74.4 Å². The summed E-state index contributed by atoms with van der Waals surface area (Å²) in [6, 6.07) is 13.7. The third-order valence-corrected chi connectivity index (χ3v) is 6.73. The standard InChI is InChI=1S/C29H26ClN3O6/c1-4-38-17-8-9-19(30)18(14-17)26(35)24-25(16-7-11-22(34)23(13-16)39-5-2)33(28(37)27(24)36)29-31-20-10-6-15(3)12-21(20)32-29/h6-14,25,34-35H,4-5H2,1-3H3,(H,31,32)/b26-24+. The molecule has 0 spiro atoms. The van der Waals surface area contributed by atoms with Crippen LogP contribution in [-0.2, 0) is 9.59 Å². The summed E-state index contributed by atoms with van der Waals surface area (Å²) < 4.78 is 11.1. The maximum absolute atomic E-state index is 13.6. The molecule has 3 aromatic carbocycles. The van der Waals surface area contributed by atoms with Crippen molar-refractivity contribution < 1.29 is 29.3 Å². The number of imidazole rings is 1. The molecule has 0 aliphatic carbocycles. The number of nitrogens with one attached hydrogen (secondary N) is 1. The van der Waals surface area contributed by atoms with Crippen molar-refractivity contribution in [2.45, 2.75) is 26.8 Å². The van der Waals surface area contributed by atoms with Crippen molar-refractivity contribution in [3.8, 4) is 17.2 Å². The first kappa shape index (κ1) is 26.1. The Bertz CT molecular complexity index is 1640. The van der Waals surface area contributed by atoms with Crippen LogP contribution in [0.2, 0.25) is 5.02 Å². The number of rotatable bonds is 7. The molecule has 1 aliphatic heterocycles. The largest absolute Gasteiger partial charge is 0.507 e. The van der Waals surface area contributed by atoms with Gasteiger partial charge in [-0.25, -0.2) is 4.98 Å². The minimum absolute atomic E-state index is 0.107. The van der Waals surface area contributed by atoms with Gasteiger partial charge in [0.25, 0.3) is 5.78 Å².